The predicted octanol–water partition coefficient (Wildman–Crippen LogP) is 1.95. The minimum atomic E-state index is -3.84. The predicted molar refractivity (Wildman–Crippen MR) is 103 cm³/mol. The summed E-state index contributed by atoms with van der Waals surface area (Å²) in [4.78, 5) is 16.3. The molecule has 10 heteroatoms. The fourth-order valence-electron chi connectivity index (χ4n) is 2.25. The van der Waals surface area contributed by atoms with Gasteiger partial charge in [-0.25, -0.2) is 23.2 Å². The van der Waals surface area contributed by atoms with Gasteiger partial charge in [0.05, 0.1) is 16.3 Å². The van der Waals surface area contributed by atoms with E-state index in [4.69, 9.17) is 5.14 Å². The zero-order chi connectivity index (χ0) is 19.4. The molecule has 0 unspecified atom stereocenters. The van der Waals surface area contributed by atoms with Crippen LogP contribution in [0.5, 0.6) is 0 Å². The number of anilines is 1. The number of rotatable bonds is 6. The molecule has 0 spiro atoms. The molecule has 3 N–H and O–H groups in total. The SMILES string of the molecule is Cc1ccc(S(N)(=O)=O)cc1NC(=O)CSc1ncn(-c2ccccc2)n1. The van der Waals surface area contributed by atoms with Gasteiger partial charge in [0.2, 0.25) is 21.1 Å². The summed E-state index contributed by atoms with van der Waals surface area (Å²) >= 11 is 1.18. The molecule has 0 aliphatic heterocycles. The van der Waals surface area contributed by atoms with Crippen molar-refractivity contribution in [3.05, 3.63) is 60.4 Å². The van der Waals surface area contributed by atoms with Crippen LogP contribution in [0, 0.1) is 6.92 Å². The number of aryl methyl sites for hydroxylation is 1. The molecule has 0 aliphatic rings. The molecule has 0 bridgehead atoms. The first-order valence-corrected chi connectivity index (χ1v) is 10.4. The maximum absolute atomic E-state index is 12.2. The van der Waals surface area contributed by atoms with Crippen LogP contribution in [0.2, 0.25) is 0 Å². The number of para-hydroxylation sites is 1. The maximum atomic E-state index is 12.2. The molecule has 0 aliphatic carbocycles. The van der Waals surface area contributed by atoms with Crippen molar-refractivity contribution in [1.29, 1.82) is 0 Å². The number of nitrogens with two attached hydrogens (primary N) is 1. The second-order valence-corrected chi connectivity index (χ2v) is 8.17. The number of benzene rings is 2. The Kier molecular flexibility index (Phi) is 5.59. The summed E-state index contributed by atoms with van der Waals surface area (Å²) in [5.74, 6) is -0.219. The van der Waals surface area contributed by atoms with Gasteiger partial charge < -0.3 is 5.32 Å². The van der Waals surface area contributed by atoms with Gasteiger partial charge in [0, 0.05) is 5.69 Å². The standard InChI is InChI=1S/C17H17N5O3S2/c1-12-7-8-14(27(18,24)25)9-15(12)20-16(23)10-26-17-19-11-22(21-17)13-5-3-2-4-6-13/h2-9,11H,10H2,1H3,(H,20,23)(H2,18,24,25). The van der Waals surface area contributed by atoms with Crippen LogP contribution >= 0.6 is 11.8 Å². The number of carbonyl (C=O) groups is 1. The molecular weight excluding hydrogens is 386 g/mol. The van der Waals surface area contributed by atoms with Gasteiger partial charge in [-0.1, -0.05) is 36.0 Å². The normalized spacial score (nSPS) is 11.3. The average Bonchev–Trinajstić information content (AvgIpc) is 3.11. The third-order valence-corrected chi connectivity index (χ3v) is 5.40. The van der Waals surface area contributed by atoms with E-state index in [0.717, 1.165) is 11.3 Å². The third kappa shape index (κ3) is 4.94. The number of amides is 1. The summed E-state index contributed by atoms with van der Waals surface area (Å²) in [6, 6.07) is 13.8. The molecule has 1 heterocycles. The number of aromatic nitrogens is 3. The fourth-order valence-corrected chi connectivity index (χ4v) is 3.39. The molecule has 1 amide bonds. The van der Waals surface area contributed by atoms with E-state index < -0.39 is 10.0 Å². The van der Waals surface area contributed by atoms with Crippen molar-refractivity contribution in [1.82, 2.24) is 14.8 Å². The van der Waals surface area contributed by atoms with Crippen LogP contribution in [0.15, 0.2) is 64.9 Å². The lowest BCUT2D eigenvalue weighted by Gasteiger charge is -2.09. The Morgan fingerprint density at radius 3 is 2.67 bits per heavy atom. The lowest BCUT2D eigenvalue weighted by atomic mass is 10.2. The minimum Gasteiger partial charge on any atom is -0.325 e. The molecule has 140 valence electrons. The Bertz CT molecular complexity index is 1070. The lowest BCUT2D eigenvalue weighted by molar-refractivity contribution is -0.113. The molecule has 3 rings (SSSR count). The first-order chi connectivity index (χ1) is 12.8. The van der Waals surface area contributed by atoms with E-state index in [1.54, 1.807) is 24.0 Å². The molecule has 1 aromatic heterocycles. The van der Waals surface area contributed by atoms with Crippen LogP contribution in [-0.4, -0.2) is 34.8 Å². The average molecular weight is 403 g/mol. The molecule has 2 aromatic carbocycles. The van der Waals surface area contributed by atoms with Gasteiger partial charge in [0.25, 0.3) is 0 Å². The number of thioether (sulfide) groups is 1. The van der Waals surface area contributed by atoms with E-state index >= 15 is 0 Å². The van der Waals surface area contributed by atoms with Crippen molar-refractivity contribution in [2.24, 2.45) is 5.14 Å². The molecule has 27 heavy (non-hydrogen) atoms. The van der Waals surface area contributed by atoms with Gasteiger partial charge in [-0.05, 0) is 36.8 Å². The molecule has 0 fully saturated rings. The van der Waals surface area contributed by atoms with Crippen molar-refractivity contribution in [2.45, 2.75) is 17.0 Å². The summed E-state index contributed by atoms with van der Waals surface area (Å²) in [7, 11) is -3.84. The van der Waals surface area contributed by atoms with Gasteiger partial charge >= 0.3 is 0 Å². The molecule has 0 saturated carbocycles. The van der Waals surface area contributed by atoms with Crippen molar-refractivity contribution < 1.29 is 13.2 Å². The summed E-state index contributed by atoms with van der Waals surface area (Å²) in [5, 5.41) is 12.6. The van der Waals surface area contributed by atoms with Crippen molar-refractivity contribution in [3.63, 3.8) is 0 Å². The van der Waals surface area contributed by atoms with E-state index in [1.165, 1.54) is 23.9 Å². The van der Waals surface area contributed by atoms with E-state index in [1.807, 2.05) is 30.3 Å². The van der Waals surface area contributed by atoms with E-state index in [-0.39, 0.29) is 16.6 Å². The Morgan fingerprint density at radius 1 is 1.22 bits per heavy atom. The minimum absolute atomic E-state index is 0.0562. The second kappa shape index (κ2) is 7.91. The lowest BCUT2D eigenvalue weighted by Crippen LogP contribution is -2.17. The Morgan fingerprint density at radius 2 is 1.96 bits per heavy atom. The molecule has 0 atom stereocenters. The highest BCUT2D eigenvalue weighted by molar-refractivity contribution is 7.99. The summed E-state index contributed by atoms with van der Waals surface area (Å²) in [6.07, 6.45) is 1.58. The molecule has 0 saturated heterocycles. The zero-order valence-corrected chi connectivity index (χ0v) is 16.0. The smallest absolute Gasteiger partial charge is 0.238 e. The van der Waals surface area contributed by atoms with Crippen molar-refractivity contribution >= 4 is 33.4 Å². The van der Waals surface area contributed by atoms with Crippen LogP contribution in [0.25, 0.3) is 5.69 Å². The van der Waals surface area contributed by atoms with Crippen LogP contribution in [0.3, 0.4) is 0 Å². The number of hydrogen-bond donors (Lipinski definition) is 2. The number of sulfonamides is 1. The van der Waals surface area contributed by atoms with Crippen LogP contribution in [-0.2, 0) is 14.8 Å². The second-order valence-electron chi connectivity index (χ2n) is 5.67. The molecule has 3 aromatic rings. The van der Waals surface area contributed by atoms with Gasteiger partial charge in [-0.2, -0.15) is 0 Å². The highest BCUT2D eigenvalue weighted by Gasteiger charge is 2.13. The van der Waals surface area contributed by atoms with Gasteiger partial charge in [-0.3, -0.25) is 4.79 Å². The number of nitrogens with one attached hydrogen (secondary N) is 1. The number of hydrogen-bond acceptors (Lipinski definition) is 6. The van der Waals surface area contributed by atoms with Crippen LogP contribution < -0.4 is 10.5 Å². The Balaban J connectivity index is 1.63. The van der Waals surface area contributed by atoms with Crippen molar-refractivity contribution in [3.8, 4) is 5.69 Å². The fraction of sp³-hybridized carbons (Fsp3) is 0.118. The maximum Gasteiger partial charge on any atom is 0.238 e. The van der Waals surface area contributed by atoms with Gasteiger partial charge in [0.1, 0.15) is 6.33 Å². The molecule has 0 radical (unpaired) electrons. The third-order valence-electron chi connectivity index (χ3n) is 3.64. The van der Waals surface area contributed by atoms with E-state index in [2.05, 4.69) is 15.4 Å². The Hall–Kier alpha value is -2.69. The Labute approximate surface area is 160 Å². The van der Waals surface area contributed by atoms with Gasteiger partial charge in [-0.15, -0.1) is 5.10 Å². The molecule has 8 nitrogen and oxygen atoms in total. The van der Waals surface area contributed by atoms with E-state index in [0.29, 0.717) is 10.8 Å². The quantitative estimate of drug-likeness (QED) is 0.607. The topological polar surface area (TPSA) is 120 Å². The summed E-state index contributed by atoms with van der Waals surface area (Å²) < 4.78 is 24.5. The zero-order valence-electron chi connectivity index (χ0n) is 14.4. The first-order valence-electron chi connectivity index (χ1n) is 7.86. The monoisotopic (exact) mass is 403 g/mol. The van der Waals surface area contributed by atoms with Crippen LogP contribution in [0.4, 0.5) is 5.69 Å². The largest absolute Gasteiger partial charge is 0.325 e. The summed E-state index contributed by atoms with van der Waals surface area (Å²) in [6.45, 7) is 1.76. The molecular formula is C17H17N5O3S2. The first kappa shape index (κ1) is 19.1. The highest BCUT2D eigenvalue weighted by Crippen LogP contribution is 2.20. The number of carbonyl (C=O) groups excluding carboxylic acids is 1. The van der Waals surface area contributed by atoms with Crippen LogP contribution in [0.1, 0.15) is 5.56 Å². The van der Waals surface area contributed by atoms with Gasteiger partial charge in [0.15, 0.2) is 0 Å². The highest BCUT2D eigenvalue weighted by atomic mass is 32.2. The number of primary sulfonamides is 1. The summed E-state index contributed by atoms with van der Waals surface area (Å²) in [5.41, 5.74) is 2.00. The number of nitrogens with zero attached hydrogens (tertiary/aromatic N) is 3. The van der Waals surface area contributed by atoms with E-state index in [9.17, 15) is 13.2 Å². The van der Waals surface area contributed by atoms with Crippen molar-refractivity contribution in [2.75, 3.05) is 11.1 Å².